The molecule has 2 aromatic rings. The Bertz CT molecular complexity index is 1080. The number of nitrogens with zero attached hydrogens (tertiary/aromatic N) is 1. The standard InChI is InChI=1S/C20H13Cl3N2O3S/c1-3-6-28-18-14(23)7-11(8-16(18)27-2)9-17-19(26)25-20(29-17)24-15-5-4-12(21)10-13(15)22/h1,4-5,7-10H,6H2,2H3,(H,24,25,26). The summed E-state index contributed by atoms with van der Waals surface area (Å²) >= 11 is 19.5. The fourth-order valence-corrected chi connectivity index (χ4v) is 3.95. The molecule has 3 rings (SSSR count). The molecule has 148 valence electrons. The van der Waals surface area contributed by atoms with E-state index in [2.05, 4.69) is 16.2 Å². The van der Waals surface area contributed by atoms with Crippen LogP contribution in [0.4, 0.5) is 5.69 Å². The highest BCUT2D eigenvalue weighted by Crippen LogP contribution is 2.38. The first-order chi connectivity index (χ1) is 13.9. The van der Waals surface area contributed by atoms with Gasteiger partial charge in [0.2, 0.25) is 0 Å². The highest BCUT2D eigenvalue weighted by molar-refractivity contribution is 8.18. The highest BCUT2D eigenvalue weighted by atomic mass is 35.5. The average Bonchev–Trinajstić information content (AvgIpc) is 3.01. The van der Waals surface area contributed by atoms with Crippen molar-refractivity contribution in [3.8, 4) is 23.8 Å². The molecule has 1 fully saturated rings. The molecule has 0 radical (unpaired) electrons. The van der Waals surface area contributed by atoms with Crippen LogP contribution in [0.15, 0.2) is 40.2 Å². The second-order valence-corrected chi connectivity index (χ2v) is 7.89. The molecule has 0 spiro atoms. The van der Waals surface area contributed by atoms with E-state index in [1.807, 2.05) is 0 Å². The molecule has 29 heavy (non-hydrogen) atoms. The van der Waals surface area contributed by atoms with Crippen LogP contribution in [0.25, 0.3) is 6.08 Å². The molecule has 0 bridgehead atoms. The fourth-order valence-electron chi connectivity index (χ4n) is 2.39. The Balaban J connectivity index is 1.87. The summed E-state index contributed by atoms with van der Waals surface area (Å²) in [5.41, 5.74) is 1.16. The van der Waals surface area contributed by atoms with E-state index < -0.39 is 0 Å². The summed E-state index contributed by atoms with van der Waals surface area (Å²) in [5, 5.41) is 4.31. The van der Waals surface area contributed by atoms with E-state index in [0.29, 0.717) is 47.9 Å². The van der Waals surface area contributed by atoms with Gasteiger partial charge in [-0.25, -0.2) is 4.99 Å². The first-order valence-corrected chi connectivity index (χ1v) is 10.0. The molecule has 2 aromatic carbocycles. The van der Waals surface area contributed by atoms with Crippen molar-refractivity contribution >= 4 is 69.4 Å². The largest absolute Gasteiger partial charge is 0.493 e. The van der Waals surface area contributed by atoms with Gasteiger partial charge in [0.25, 0.3) is 5.91 Å². The van der Waals surface area contributed by atoms with Gasteiger partial charge in [-0.2, -0.15) is 0 Å². The minimum Gasteiger partial charge on any atom is -0.493 e. The number of carbonyl (C=O) groups excluding carboxylic acids is 1. The summed E-state index contributed by atoms with van der Waals surface area (Å²) in [6, 6.07) is 8.28. The van der Waals surface area contributed by atoms with E-state index >= 15 is 0 Å². The van der Waals surface area contributed by atoms with E-state index in [9.17, 15) is 4.79 Å². The summed E-state index contributed by atoms with van der Waals surface area (Å²) in [5.74, 6) is 2.83. The van der Waals surface area contributed by atoms with Crippen LogP contribution in [0.1, 0.15) is 5.56 Å². The first-order valence-electron chi connectivity index (χ1n) is 8.09. The molecule has 0 aliphatic carbocycles. The number of terminal acetylenes is 1. The number of halogens is 3. The number of hydrogen-bond acceptors (Lipinski definition) is 5. The molecule has 0 saturated carbocycles. The molecule has 1 heterocycles. The number of benzene rings is 2. The number of nitrogens with one attached hydrogen (secondary N) is 1. The van der Waals surface area contributed by atoms with Crippen LogP contribution in [0.3, 0.4) is 0 Å². The number of rotatable bonds is 5. The first kappa shape index (κ1) is 21.4. The highest BCUT2D eigenvalue weighted by Gasteiger charge is 2.24. The van der Waals surface area contributed by atoms with Gasteiger partial charge in [0.1, 0.15) is 6.61 Å². The van der Waals surface area contributed by atoms with E-state index in [4.69, 9.17) is 50.7 Å². The smallest absolute Gasteiger partial charge is 0.264 e. The lowest BCUT2D eigenvalue weighted by Gasteiger charge is -2.11. The molecular formula is C20H13Cl3N2O3S. The van der Waals surface area contributed by atoms with E-state index in [0.717, 1.165) is 0 Å². The Kier molecular flexibility index (Phi) is 6.99. The van der Waals surface area contributed by atoms with Crippen molar-refractivity contribution in [1.29, 1.82) is 0 Å². The second kappa shape index (κ2) is 9.47. The zero-order chi connectivity index (χ0) is 21.0. The number of thioether (sulfide) groups is 1. The SMILES string of the molecule is C#CCOc1c(Cl)cc(C=C2SC(=Nc3ccc(Cl)cc3Cl)NC2=O)cc1OC. The topological polar surface area (TPSA) is 59.9 Å². The van der Waals surface area contributed by atoms with Crippen molar-refractivity contribution in [1.82, 2.24) is 5.32 Å². The predicted molar refractivity (Wildman–Crippen MR) is 120 cm³/mol. The number of hydrogen-bond donors (Lipinski definition) is 1. The van der Waals surface area contributed by atoms with Gasteiger partial charge in [0, 0.05) is 5.02 Å². The van der Waals surface area contributed by atoms with Crippen molar-refractivity contribution in [2.24, 2.45) is 4.99 Å². The average molecular weight is 468 g/mol. The summed E-state index contributed by atoms with van der Waals surface area (Å²) in [6.07, 6.45) is 6.89. The Morgan fingerprint density at radius 1 is 1.24 bits per heavy atom. The maximum absolute atomic E-state index is 12.3. The van der Waals surface area contributed by atoms with Crippen molar-refractivity contribution in [3.05, 3.63) is 55.9 Å². The van der Waals surface area contributed by atoms with Gasteiger partial charge in [-0.05, 0) is 53.7 Å². The van der Waals surface area contributed by atoms with Gasteiger partial charge in [-0.1, -0.05) is 40.7 Å². The Hall–Kier alpha value is -2.30. The second-order valence-electron chi connectivity index (χ2n) is 5.60. The number of aliphatic imine (C=N–C) groups is 1. The van der Waals surface area contributed by atoms with Gasteiger partial charge < -0.3 is 14.8 Å². The molecule has 0 atom stereocenters. The Morgan fingerprint density at radius 3 is 2.72 bits per heavy atom. The van der Waals surface area contributed by atoms with Gasteiger partial charge in [-0.3, -0.25) is 4.79 Å². The van der Waals surface area contributed by atoms with Gasteiger partial charge in [-0.15, -0.1) is 6.42 Å². The lowest BCUT2D eigenvalue weighted by molar-refractivity contribution is -0.115. The summed E-state index contributed by atoms with van der Waals surface area (Å²) in [4.78, 5) is 17.1. The van der Waals surface area contributed by atoms with Crippen molar-refractivity contribution in [3.63, 3.8) is 0 Å². The molecule has 9 heteroatoms. The number of amides is 1. The van der Waals surface area contributed by atoms with Crippen molar-refractivity contribution in [2.45, 2.75) is 0 Å². The van der Waals surface area contributed by atoms with Gasteiger partial charge >= 0.3 is 0 Å². The summed E-state index contributed by atoms with van der Waals surface area (Å²) in [7, 11) is 1.49. The zero-order valence-corrected chi connectivity index (χ0v) is 18.0. The molecule has 1 saturated heterocycles. The Morgan fingerprint density at radius 2 is 2.03 bits per heavy atom. The number of carbonyl (C=O) groups is 1. The van der Waals surface area contributed by atoms with Crippen molar-refractivity contribution < 1.29 is 14.3 Å². The maximum Gasteiger partial charge on any atom is 0.264 e. The third-order valence-corrected chi connectivity index (χ3v) is 5.36. The minimum atomic E-state index is -0.290. The molecule has 0 aromatic heterocycles. The van der Waals surface area contributed by atoms with E-state index in [-0.39, 0.29) is 12.5 Å². The predicted octanol–water partition coefficient (Wildman–Crippen LogP) is 5.56. The molecule has 0 unspecified atom stereocenters. The molecule has 1 amide bonds. The third-order valence-electron chi connectivity index (χ3n) is 3.63. The molecule has 5 nitrogen and oxygen atoms in total. The lowest BCUT2D eigenvalue weighted by atomic mass is 10.2. The van der Waals surface area contributed by atoms with Crippen molar-refractivity contribution in [2.75, 3.05) is 13.7 Å². The van der Waals surface area contributed by atoms with Crippen LogP contribution >= 0.6 is 46.6 Å². The lowest BCUT2D eigenvalue weighted by Crippen LogP contribution is -2.19. The van der Waals surface area contributed by atoms with Crippen LogP contribution in [0, 0.1) is 12.3 Å². The monoisotopic (exact) mass is 466 g/mol. The summed E-state index contributed by atoms with van der Waals surface area (Å²) < 4.78 is 10.7. The van der Waals surface area contributed by atoms with Crippen LogP contribution in [0.5, 0.6) is 11.5 Å². The van der Waals surface area contributed by atoms with E-state index in [1.54, 1.807) is 36.4 Å². The van der Waals surface area contributed by atoms with Crippen LogP contribution < -0.4 is 14.8 Å². The number of amidine groups is 1. The van der Waals surface area contributed by atoms with Crippen LogP contribution in [-0.2, 0) is 4.79 Å². The molecule has 1 aliphatic heterocycles. The maximum atomic E-state index is 12.3. The van der Waals surface area contributed by atoms with E-state index in [1.165, 1.54) is 18.9 Å². The fraction of sp³-hybridized carbons (Fsp3) is 0.100. The van der Waals surface area contributed by atoms with Crippen LogP contribution in [0.2, 0.25) is 15.1 Å². The quantitative estimate of drug-likeness (QED) is 0.462. The Labute approximate surface area is 187 Å². The number of methoxy groups -OCH3 is 1. The molecule has 1 N–H and O–H groups in total. The molecular weight excluding hydrogens is 455 g/mol. The number of ether oxygens (including phenoxy) is 2. The van der Waals surface area contributed by atoms with Gasteiger partial charge in [0.05, 0.1) is 27.7 Å². The zero-order valence-electron chi connectivity index (χ0n) is 15.0. The molecule has 1 aliphatic rings. The van der Waals surface area contributed by atoms with Gasteiger partial charge in [0.15, 0.2) is 16.7 Å². The summed E-state index contributed by atoms with van der Waals surface area (Å²) in [6.45, 7) is 0.0574. The normalized spacial score (nSPS) is 16.0. The minimum absolute atomic E-state index is 0.0574. The van der Waals surface area contributed by atoms with Crippen LogP contribution in [-0.4, -0.2) is 24.8 Å². The third kappa shape index (κ3) is 5.20.